The molecule has 7 heteroatoms. The zero-order valence-electron chi connectivity index (χ0n) is 14.8. The summed E-state index contributed by atoms with van der Waals surface area (Å²) in [5.41, 5.74) is -0.641. The maximum atomic E-state index is 12.4. The van der Waals surface area contributed by atoms with Gasteiger partial charge in [0.1, 0.15) is 17.7 Å². The lowest BCUT2D eigenvalue weighted by atomic mass is 10.00. The predicted molar refractivity (Wildman–Crippen MR) is 82.7 cm³/mol. The summed E-state index contributed by atoms with van der Waals surface area (Å²) >= 11 is 0. The van der Waals surface area contributed by atoms with Gasteiger partial charge in [-0.3, -0.25) is 9.69 Å². The Morgan fingerprint density at radius 3 is 2.22 bits per heavy atom. The van der Waals surface area contributed by atoms with Crippen LogP contribution in [0.5, 0.6) is 0 Å². The molecule has 0 bridgehead atoms. The topological polar surface area (TPSA) is 82.1 Å². The quantitative estimate of drug-likeness (QED) is 0.583. The molecule has 1 heterocycles. The van der Waals surface area contributed by atoms with Gasteiger partial charge in [0, 0.05) is 6.92 Å². The minimum absolute atomic E-state index is 0.120. The zero-order chi connectivity index (χ0) is 17.8. The fraction of sp³-hybridized carbons (Fsp3) is 0.812. The second-order valence-electron chi connectivity index (χ2n) is 6.94. The molecule has 0 unspecified atom stereocenters. The van der Waals surface area contributed by atoms with E-state index in [1.807, 2.05) is 0 Å². The van der Waals surface area contributed by atoms with Crippen LogP contribution in [0.2, 0.25) is 0 Å². The number of nitrogens with zero attached hydrogens (tertiary/aromatic N) is 1. The molecule has 1 fully saturated rings. The van der Waals surface area contributed by atoms with E-state index in [4.69, 9.17) is 14.2 Å². The van der Waals surface area contributed by atoms with Gasteiger partial charge in [0.15, 0.2) is 0 Å². The maximum absolute atomic E-state index is 12.4. The fourth-order valence-electron chi connectivity index (χ4n) is 2.35. The van der Waals surface area contributed by atoms with Crippen molar-refractivity contribution in [3.63, 3.8) is 0 Å². The van der Waals surface area contributed by atoms with Crippen molar-refractivity contribution in [2.75, 3.05) is 6.54 Å². The van der Waals surface area contributed by atoms with Crippen LogP contribution < -0.4 is 0 Å². The number of ether oxygens (including phenoxy) is 3. The van der Waals surface area contributed by atoms with Gasteiger partial charge in [-0.15, -0.1) is 0 Å². The van der Waals surface area contributed by atoms with E-state index < -0.39 is 35.8 Å². The van der Waals surface area contributed by atoms with Gasteiger partial charge in [0.05, 0.1) is 12.6 Å². The molecule has 2 atom stereocenters. The smallest absolute Gasteiger partial charge is 0.410 e. The van der Waals surface area contributed by atoms with Crippen molar-refractivity contribution in [3.8, 4) is 0 Å². The van der Waals surface area contributed by atoms with Crippen LogP contribution in [-0.2, 0) is 23.8 Å². The number of piperidine rings is 1. The van der Waals surface area contributed by atoms with Crippen molar-refractivity contribution in [3.05, 3.63) is 0 Å². The van der Waals surface area contributed by atoms with Crippen molar-refractivity contribution in [2.24, 2.45) is 0 Å². The van der Waals surface area contributed by atoms with E-state index in [0.717, 1.165) is 0 Å². The number of carbonyl (C=O) groups is 3. The van der Waals surface area contributed by atoms with Crippen LogP contribution >= 0.6 is 0 Å². The fourth-order valence-corrected chi connectivity index (χ4v) is 2.35. The molecule has 0 aromatic rings. The molecule has 0 aromatic heterocycles. The number of carbonyl (C=O) groups excluding carboxylic acids is 3. The lowest BCUT2D eigenvalue weighted by Gasteiger charge is -2.38. The Labute approximate surface area is 137 Å². The Balaban J connectivity index is 2.87. The van der Waals surface area contributed by atoms with Crippen molar-refractivity contribution in [2.45, 2.75) is 78.2 Å². The Kier molecular flexibility index (Phi) is 6.41. The van der Waals surface area contributed by atoms with Crippen molar-refractivity contribution < 1.29 is 28.6 Å². The monoisotopic (exact) mass is 329 g/mol. The number of amides is 1. The van der Waals surface area contributed by atoms with Crippen molar-refractivity contribution >= 4 is 18.0 Å². The normalized spacial score (nSPS) is 21.8. The first-order valence-electron chi connectivity index (χ1n) is 7.87. The van der Waals surface area contributed by atoms with Gasteiger partial charge in [-0.1, -0.05) is 0 Å². The lowest BCUT2D eigenvalue weighted by molar-refractivity contribution is -0.165. The number of rotatable bonds is 3. The molecule has 1 aliphatic heterocycles. The molecule has 23 heavy (non-hydrogen) atoms. The van der Waals surface area contributed by atoms with E-state index >= 15 is 0 Å². The van der Waals surface area contributed by atoms with Crippen LogP contribution in [0.1, 0.15) is 54.4 Å². The SMILES string of the molecule is CC(=O)O[C@@H]1CC[C@@H](C(=O)OC(C)(C)C)N(C(=O)OC(C)C)C1. The van der Waals surface area contributed by atoms with Crippen LogP contribution in [0.25, 0.3) is 0 Å². The molecule has 0 aliphatic carbocycles. The molecule has 0 saturated carbocycles. The van der Waals surface area contributed by atoms with E-state index in [-0.39, 0.29) is 12.6 Å². The molecule has 1 aliphatic rings. The largest absolute Gasteiger partial charge is 0.461 e. The molecule has 1 rings (SSSR count). The van der Waals surface area contributed by atoms with Gasteiger partial charge in [-0.05, 0) is 47.5 Å². The number of hydrogen-bond donors (Lipinski definition) is 0. The van der Waals surface area contributed by atoms with E-state index in [9.17, 15) is 14.4 Å². The average Bonchev–Trinajstić information content (AvgIpc) is 2.34. The molecule has 1 saturated heterocycles. The van der Waals surface area contributed by atoms with Crippen LogP contribution in [0.3, 0.4) is 0 Å². The first-order chi connectivity index (χ1) is 10.5. The molecule has 0 N–H and O–H groups in total. The standard InChI is InChI=1S/C16H27NO6/c1-10(2)21-15(20)17-9-12(22-11(3)18)7-8-13(17)14(19)23-16(4,5)6/h10,12-13H,7-9H2,1-6H3/t12-,13+/m1/s1. The second-order valence-corrected chi connectivity index (χ2v) is 6.94. The highest BCUT2D eigenvalue weighted by molar-refractivity contribution is 5.82. The van der Waals surface area contributed by atoms with E-state index in [0.29, 0.717) is 12.8 Å². The molecule has 132 valence electrons. The summed E-state index contributed by atoms with van der Waals surface area (Å²) in [6.45, 7) is 10.2. The van der Waals surface area contributed by atoms with Crippen molar-refractivity contribution in [1.82, 2.24) is 4.90 Å². The first-order valence-corrected chi connectivity index (χ1v) is 7.87. The molecular formula is C16H27NO6. The van der Waals surface area contributed by atoms with Crippen LogP contribution in [0.15, 0.2) is 0 Å². The van der Waals surface area contributed by atoms with Crippen LogP contribution in [0.4, 0.5) is 4.79 Å². The first kappa shape index (κ1) is 19.3. The van der Waals surface area contributed by atoms with Gasteiger partial charge in [-0.25, -0.2) is 9.59 Å². The zero-order valence-corrected chi connectivity index (χ0v) is 14.8. The van der Waals surface area contributed by atoms with Gasteiger partial charge in [-0.2, -0.15) is 0 Å². The minimum atomic E-state index is -0.729. The van der Waals surface area contributed by atoms with E-state index in [1.165, 1.54) is 11.8 Å². The second kappa shape index (κ2) is 7.66. The Hall–Kier alpha value is -1.79. The number of likely N-dealkylation sites (tertiary alicyclic amines) is 1. The summed E-state index contributed by atoms with van der Waals surface area (Å²) in [4.78, 5) is 37.1. The summed E-state index contributed by atoms with van der Waals surface area (Å²) in [6, 6.07) is -0.729. The summed E-state index contributed by atoms with van der Waals surface area (Å²) < 4.78 is 15.7. The highest BCUT2D eigenvalue weighted by Gasteiger charge is 2.40. The van der Waals surface area contributed by atoms with Gasteiger partial charge in [0.2, 0.25) is 0 Å². The lowest BCUT2D eigenvalue weighted by Crippen LogP contribution is -2.54. The van der Waals surface area contributed by atoms with E-state index in [1.54, 1.807) is 34.6 Å². The predicted octanol–water partition coefficient (Wildman–Crippen LogP) is 2.27. The summed E-state index contributed by atoms with van der Waals surface area (Å²) in [6.07, 6.45) is -0.496. The highest BCUT2D eigenvalue weighted by atomic mass is 16.6. The molecule has 0 radical (unpaired) electrons. The Bertz CT molecular complexity index is 454. The third kappa shape index (κ3) is 6.46. The van der Waals surface area contributed by atoms with Crippen LogP contribution in [0, 0.1) is 0 Å². The van der Waals surface area contributed by atoms with Gasteiger partial charge >= 0.3 is 18.0 Å². The minimum Gasteiger partial charge on any atom is -0.461 e. The maximum Gasteiger partial charge on any atom is 0.410 e. The third-order valence-corrected chi connectivity index (χ3v) is 3.12. The molecular weight excluding hydrogens is 302 g/mol. The Morgan fingerprint density at radius 1 is 1.13 bits per heavy atom. The van der Waals surface area contributed by atoms with Crippen LogP contribution in [-0.4, -0.2) is 53.3 Å². The van der Waals surface area contributed by atoms with Gasteiger partial charge in [0.25, 0.3) is 0 Å². The number of esters is 2. The van der Waals surface area contributed by atoms with Crippen molar-refractivity contribution in [1.29, 1.82) is 0 Å². The molecule has 1 amide bonds. The molecule has 0 aromatic carbocycles. The third-order valence-electron chi connectivity index (χ3n) is 3.12. The number of hydrogen-bond acceptors (Lipinski definition) is 6. The van der Waals surface area contributed by atoms with Gasteiger partial charge < -0.3 is 14.2 Å². The average molecular weight is 329 g/mol. The summed E-state index contributed by atoms with van der Waals surface area (Å²) in [5.74, 6) is -0.887. The summed E-state index contributed by atoms with van der Waals surface area (Å²) in [5, 5.41) is 0. The van der Waals surface area contributed by atoms with E-state index in [2.05, 4.69) is 0 Å². The summed E-state index contributed by atoms with van der Waals surface area (Å²) in [7, 11) is 0. The molecule has 7 nitrogen and oxygen atoms in total. The molecule has 0 spiro atoms. The highest BCUT2D eigenvalue weighted by Crippen LogP contribution is 2.24. The Morgan fingerprint density at radius 2 is 1.74 bits per heavy atom.